The van der Waals surface area contributed by atoms with E-state index in [1.165, 1.54) is 18.2 Å². The zero-order chi connectivity index (χ0) is 17.7. The van der Waals surface area contributed by atoms with Crippen molar-refractivity contribution in [3.8, 4) is 0 Å². The van der Waals surface area contributed by atoms with Gasteiger partial charge in [0.15, 0.2) is 0 Å². The molecule has 3 N–H and O–H groups in total. The van der Waals surface area contributed by atoms with Gasteiger partial charge in [0.05, 0.1) is 0 Å². The Morgan fingerprint density at radius 2 is 2.04 bits per heavy atom. The lowest BCUT2D eigenvalue weighted by Gasteiger charge is -2.24. The van der Waals surface area contributed by atoms with Crippen molar-refractivity contribution in [3.05, 3.63) is 29.8 Å². The van der Waals surface area contributed by atoms with Crippen LogP contribution in [0.25, 0.3) is 0 Å². The van der Waals surface area contributed by atoms with Crippen LogP contribution in [-0.2, 0) is 0 Å². The third kappa shape index (κ3) is 4.56. The van der Waals surface area contributed by atoms with Crippen LogP contribution in [0.4, 0.5) is 19.3 Å². The van der Waals surface area contributed by atoms with Gasteiger partial charge in [0.2, 0.25) is 0 Å². The van der Waals surface area contributed by atoms with Gasteiger partial charge in [-0.3, -0.25) is 0 Å². The third-order valence-electron chi connectivity index (χ3n) is 4.34. The molecule has 2 unspecified atom stereocenters. The fourth-order valence-corrected chi connectivity index (χ4v) is 2.98. The van der Waals surface area contributed by atoms with E-state index in [0.29, 0.717) is 25.9 Å². The van der Waals surface area contributed by atoms with Crippen molar-refractivity contribution in [1.29, 1.82) is 0 Å². The molecule has 2 amide bonds. The molecular weight excluding hydrogens is 316 g/mol. The van der Waals surface area contributed by atoms with Gasteiger partial charge in [-0.2, -0.15) is 0 Å². The number of nitrogens with zero attached hydrogens (tertiary/aromatic N) is 1. The second-order valence-corrected chi connectivity index (χ2v) is 6.48. The molecule has 0 aromatic heterocycles. The summed E-state index contributed by atoms with van der Waals surface area (Å²) in [6.45, 7) is 4.79. The minimum absolute atomic E-state index is 0.00684. The second-order valence-electron chi connectivity index (χ2n) is 6.48. The summed E-state index contributed by atoms with van der Waals surface area (Å²) in [6.07, 6.45) is 1.11. The molecule has 1 aliphatic heterocycles. The van der Waals surface area contributed by atoms with Crippen LogP contribution >= 0.6 is 0 Å². The Bertz CT molecular complexity index is 549. The number of carbonyl (C=O) groups excluding carboxylic acids is 1. The van der Waals surface area contributed by atoms with Crippen molar-refractivity contribution < 1.29 is 18.7 Å². The van der Waals surface area contributed by atoms with Crippen LogP contribution in [0.2, 0.25) is 0 Å². The fourth-order valence-electron chi connectivity index (χ4n) is 2.98. The van der Waals surface area contributed by atoms with E-state index in [0.717, 1.165) is 0 Å². The first-order valence-corrected chi connectivity index (χ1v) is 8.29. The lowest BCUT2D eigenvalue weighted by Crippen LogP contribution is -2.48. The molecule has 2 rings (SSSR count). The van der Waals surface area contributed by atoms with Gasteiger partial charge in [-0.25, -0.2) is 13.6 Å². The Morgan fingerprint density at radius 1 is 1.38 bits per heavy atom. The highest BCUT2D eigenvalue weighted by molar-refractivity contribution is 5.74. The first kappa shape index (κ1) is 18.4. The van der Waals surface area contributed by atoms with Gasteiger partial charge in [0.25, 0.3) is 0 Å². The van der Waals surface area contributed by atoms with Crippen molar-refractivity contribution >= 4 is 11.7 Å². The van der Waals surface area contributed by atoms with Gasteiger partial charge in [0.1, 0.15) is 17.3 Å². The summed E-state index contributed by atoms with van der Waals surface area (Å²) >= 11 is 0. The Hall–Kier alpha value is -1.89. The lowest BCUT2D eigenvalue weighted by atomic mass is 10.0. The predicted molar refractivity (Wildman–Crippen MR) is 89.0 cm³/mol. The number of nitrogens with one attached hydrogen (secondary N) is 2. The smallest absolute Gasteiger partial charge is 0.315 e. The van der Waals surface area contributed by atoms with E-state index in [-0.39, 0.29) is 36.3 Å². The van der Waals surface area contributed by atoms with Gasteiger partial charge in [-0.15, -0.1) is 0 Å². The summed E-state index contributed by atoms with van der Waals surface area (Å²) in [5.74, 6) is -0.985. The van der Waals surface area contributed by atoms with Crippen LogP contribution in [0.15, 0.2) is 18.2 Å². The van der Waals surface area contributed by atoms with Crippen molar-refractivity contribution in [2.24, 2.45) is 5.92 Å². The molecule has 0 saturated carbocycles. The normalized spacial score (nSPS) is 18.8. The monoisotopic (exact) mass is 341 g/mol. The molecule has 1 aromatic rings. The maximum Gasteiger partial charge on any atom is 0.315 e. The molecule has 1 aromatic carbocycles. The quantitative estimate of drug-likeness (QED) is 0.744. The van der Waals surface area contributed by atoms with Crippen molar-refractivity contribution in [3.63, 3.8) is 0 Å². The molecule has 0 spiro atoms. The minimum Gasteiger partial charge on any atom is -0.396 e. The van der Waals surface area contributed by atoms with Gasteiger partial charge < -0.3 is 20.6 Å². The number of rotatable bonds is 6. The number of urea groups is 1. The first-order valence-electron chi connectivity index (χ1n) is 8.29. The van der Waals surface area contributed by atoms with Crippen LogP contribution in [0.1, 0.15) is 26.7 Å². The number of amides is 2. The highest BCUT2D eigenvalue weighted by Gasteiger charge is 2.28. The van der Waals surface area contributed by atoms with Gasteiger partial charge in [-0.1, -0.05) is 19.9 Å². The summed E-state index contributed by atoms with van der Waals surface area (Å²) in [4.78, 5) is 13.7. The summed E-state index contributed by atoms with van der Waals surface area (Å²) < 4.78 is 27.7. The second kappa shape index (κ2) is 8.28. The highest BCUT2D eigenvalue weighted by atomic mass is 19.1. The fraction of sp³-hybridized carbons (Fsp3) is 0.588. The van der Waals surface area contributed by atoms with Crippen LogP contribution < -0.4 is 15.5 Å². The number of anilines is 1. The Kier molecular flexibility index (Phi) is 6.36. The number of hydrogen-bond donors (Lipinski definition) is 3. The van der Waals surface area contributed by atoms with E-state index < -0.39 is 11.6 Å². The van der Waals surface area contributed by atoms with Crippen molar-refractivity contribution in [1.82, 2.24) is 10.6 Å². The van der Waals surface area contributed by atoms with E-state index in [4.69, 9.17) is 5.11 Å². The molecule has 134 valence electrons. The largest absolute Gasteiger partial charge is 0.396 e. The first-order chi connectivity index (χ1) is 11.4. The highest BCUT2D eigenvalue weighted by Crippen LogP contribution is 2.26. The van der Waals surface area contributed by atoms with E-state index in [1.807, 2.05) is 13.8 Å². The van der Waals surface area contributed by atoms with E-state index in [2.05, 4.69) is 10.6 Å². The number of halogens is 2. The van der Waals surface area contributed by atoms with Gasteiger partial charge in [-0.05, 0) is 30.9 Å². The molecule has 0 bridgehead atoms. The Balaban J connectivity index is 1.91. The van der Waals surface area contributed by atoms with Gasteiger partial charge in [0, 0.05) is 31.8 Å². The van der Waals surface area contributed by atoms with Gasteiger partial charge >= 0.3 is 6.03 Å². The minimum atomic E-state index is -0.595. The molecule has 7 heteroatoms. The SMILES string of the molecule is CC(C)C(CCO)NC(=O)NC1CCN(c2c(F)cccc2F)C1. The molecule has 5 nitrogen and oxygen atoms in total. The predicted octanol–water partition coefficient (Wildman–Crippen LogP) is 2.25. The van der Waals surface area contributed by atoms with Crippen molar-refractivity contribution in [2.45, 2.75) is 38.8 Å². The maximum absolute atomic E-state index is 13.8. The van der Waals surface area contributed by atoms with E-state index in [1.54, 1.807) is 4.90 Å². The number of benzene rings is 1. The summed E-state index contributed by atoms with van der Waals surface area (Å²) in [5.41, 5.74) is -0.0393. The number of carbonyl (C=O) groups is 1. The lowest BCUT2D eigenvalue weighted by molar-refractivity contribution is 0.216. The molecule has 1 heterocycles. The van der Waals surface area contributed by atoms with Crippen LogP contribution in [0.5, 0.6) is 0 Å². The zero-order valence-corrected chi connectivity index (χ0v) is 14.1. The average Bonchev–Trinajstić information content (AvgIpc) is 2.94. The molecule has 0 aliphatic carbocycles. The molecule has 2 atom stereocenters. The number of para-hydroxylation sites is 1. The van der Waals surface area contributed by atoms with Crippen LogP contribution in [-0.4, -0.2) is 42.9 Å². The molecule has 1 saturated heterocycles. The summed E-state index contributed by atoms with van der Waals surface area (Å²) in [6, 6.07) is 3.19. The third-order valence-corrected chi connectivity index (χ3v) is 4.34. The number of aliphatic hydroxyl groups is 1. The van der Waals surface area contributed by atoms with Crippen LogP contribution in [0.3, 0.4) is 0 Å². The summed E-state index contributed by atoms with van der Waals surface area (Å²) in [7, 11) is 0. The molecule has 1 fully saturated rings. The maximum atomic E-state index is 13.8. The molecule has 1 aliphatic rings. The summed E-state index contributed by atoms with van der Waals surface area (Å²) in [5, 5.41) is 14.7. The van der Waals surface area contributed by atoms with Crippen LogP contribution in [0, 0.1) is 17.6 Å². The van der Waals surface area contributed by atoms with E-state index >= 15 is 0 Å². The van der Waals surface area contributed by atoms with Crippen molar-refractivity contribution in [2.75, 3.05) is 24.6 Å². The average molecular weight is 341 g/mol. The Morgan fingerprint density at radius 3 is 2.62 bits per heavy atom. The topological polar surface area (TPSA) is 64.6 Å². The molecule has 0 radical (unpaired) electrons. The molecule has 24 heavy (non-hydrogen) atoms. The Labute approximate surface area is 141 Å². The number of aliphatic hydroxyl groups excluding tert-OH is 1. The van der Waals surface area contributed by atoms with E-state index in [9.17, 15) is 13.6 Å². The molecular formula is C17H25F2N3O2. The number of hydrogen-bond acceptors (Lipinski definition) is 3. The zero-order valence-electron chi connectivity index (χ0n) is 14.1. The standard InChI is InChI=1S/C17H25F2N3O2/c1-11(2)15(7-9-23)21-17(24)20-12-6-8-22(10-12)16-13(18)4-3-5-14(16)19/h3-5,11-12,15,23H,6-10H2,1-2H3,(H2,20,21,24).